The van der Waals surface area contributed by atoms with Crippen molar-refractivity contribution in [2.24, 2.45) is 0 Å². The molecular formula is C14H15NO7. The molecule has 1 aromatic carbocycles. The van der Waals surface area contributed by atoms with Gasteiger partial charge in [-0.15, -0.1) is 0 Å². The number of fused-ring (bicyclic) bond motifs is 1. The molecule has 8 nitrogen and oxygen atoms in total. The van der Waals surface area contributed by atoms with E-state index in [1.165, 1.54) is 0 Å². The van der Waals surface area contributed by atoms with Gasteiger partial charge >= 0.3 is 11.9 Å². The van der Waals surface area contributed by atoms with Crippen LogP contribution in [0.25, 0.3) is 0 Å². The first kappa shape index (κ1) is 15.6. The summed E-state index contributed by atoms with van der Waals surface area (Å²) in [5, 5.41) is 19.9. The van der Waals surface area contributed by atoms with E-state index in [0.717, 1.165) is 0 Å². The number of carbonyl (C=O) groups excluding carboxylic acids is 1. The molecule has 1 heterocycles. The Morgan fingerprint density at radius 3 is 2.55 bits per heavy atom. The van der Waals surface area contributed by atoms with Crippen LogP contribution >= 0.6 is 0 Å². The average Bonchev–Trinajstić information content (AvgIpc) is 2.50. The maximum absolute atomic E-state index is 12.0. The second-order valence-corrected chi connectivity index (χ2v) is 4.70. The number of nitrogens with one attached hydrogen (secondary N) is 1. The van der Waals surface area contributed by atoms with Crippen LogP contribution in [0.4, 0.5) is 0 Å². The van der Waals surface area contributed by atoms with Gasteiger partial charge < -0.3 is 25.0 Å². The number of hydrogen-bond donors (Lipinski definition) is 3. The molecule has 0 radical (unpaired) electrons. The van der Waals surface area contributed by atoms with Gasteiger partial charge in [0.2, 0.25) is 6.10 Å². The van der Waals surface area contributed by atoms with E-state index in [4.69, 9.17) is 19.7 Å². The van der Waals surface area contributed by atoms with Gasteiger partial charge in [-0.25, -0.2) is 4.79 Å². The van der Waals surface area contributed by atoms with Crippen LogP contribution in [0.2, 0.25) is 0 Å². The summed E-state index contributed by atoms with van der Waals surface area (Å²) in [5.74, 6) is -2.19. The van der Waals surface area contributed by atoms with E-state index >= 15 is 0 Å². The summed E-state index contributed by atoms with van der Waals surface area (Å²) >= 11 is 0. The molecule has 0 fully saturated rings. The highest BCUT2D eigenvalue weighted by molar-refractivity contribution is 5.87. The zero-order chi connectivity index (χ0) is 16.1. The van der Waals surface area contributed by atoms with Crippen molar-refractivity contribution in [3.8, 4) is 11.5 Å². The number of carbonyl (C=O) groups is 3. The van der Waals surface area contributed by atoms with Gasteiger partial charge in [-0.05, 0) is 18.6 Å². The van der Waals surface area contributed by atoms with Crippen molar-refractivity contribution in [2.45, 2.75) is 25.0 Å². The maximum atomic E-state index is 12.0. The lowest BCUT2D eigenvalue weighted by Gasteiger charge is -2.26. The zero-order valence-corrected chi connectivity index (χ0v) is 11.5. The van der Waals surface area contributed by atoms with E-state index in [2.05, 4.69) is 5.32 Å². The maximum Gasteiger partial charge on any atom is 0.326 e. The predicted molar refractivity (Wildman–Crippen MR) is 72.8 cm³/mol. The van der Waals surface area contributed by atoms with Gasteiger partial charge in [0.1, 0.15) is 12.6 Å². The van der Waals surface area contributed by atoms with Gasteiger partial charge in [0.15, 0.2) is 11.5 Å². The highest BCUT2D eigenvalue weighted by Crippen LogP contribution is 2.30. The molecule has 2 atom stereocenters. The summed E-state index contributed by atoms with van der Waals surface area (Å²) < 4.78 is 10.8. The van der Waals surface area contributed by atoms with Crippen molar-refractivity contribution in [1.82, 2.24) is 5.32 Å². The zero-order valence-electron chi connectivity index (χ0n) is 11.5. The summed E-state index contributed by atoms with van der Waals surface area (Å²) in [6.45, 7) is -0.0475. The van der Waals surface area contributed by atoms with E-state index in [-0.39, 0.29) is 19.4 Å². The van der Waals surface area contributed by atoms with Gasteiger partial charge in [0.25, 0.3) is 5.91 Å². The van der Waals surface area contributed by atoms with Crippen molar-refractivity contribution in [2.75, 3.05) is 6.61 Å². The first-order chi connectivity index (χ1) is 10.5. The van der Waals surface area contributed by atoms with Crippen LogP contribution in [-0.4, -0.2) is 46.8 Å². The molecule has 118 valence electrons. The Morgan fingerprint density at radius 2 is 1.91 bits per heavy atom. The van der Waals surface area contributed by atoms with Crippen molar-refractivity contribution < 1.29 is 34.1 Å². The van der Waals surface area contributed by atoms with Gasteiger partial charge in [0, 0.05) is 6.42 Å². The third-order valence-corrected chi connectivity index (χ3v) is 3.06. The van der Waals surface area contributed by atoms with Gasteiger partial charge in [0.05, 0.1) is 0 Å². The lowest BCUT2D eigenvalue weighted by Crippen LogP contribution is -2.50. The van der Waals surface area contributed by atoms with Crippen LogP contribution in [0, 0.1) is 0 Å². The lowest BCUT2D eigenvalue weighted by atomic mass is 10.1. The fraction of sp³-hybridized carbons (Fsp3) is 0.357. The van der Waals surface area contributed by atoms with Gasteiger partial charge in [-0.1, -0.05) is 12.1 Å². The molecule has 1 aliphatic rings. The molecule has 0 aromatic heterocycles. The summed E-state index contributed by atoms with van der Waals surface area (Å²) in [5.41, 5.74) is 0. The highest BCUT2D eigenvalue weighted by atomic mass is 16.6. The highest BCUT2D eigenvalue weighted by Gasteiger charge is 2.30. The minimum Gasteiger partial charge on any atom is -0.485 e. The number of aliphatic carboxylic acids is 2. The van der Waals surface area contributed by atoms with E-state index < -0.39 is 30.0 Å². The summed E-state index contributed by atoms with van der Waals surface area (Å²) in [4.78, 5) is 33.6. The molecular weight excluding hydrogens is 294 g/mol. The van der Waals surface area contributed by atoms with Crippen molar-refractivity contribution in [1.29, 1.82) is 0 Å². The molecule has 8 heteroatoms. The Morgan fingerprint density at radius 1 is 1.23 bits per heavy atom. The van der Waals surface area contributed by atoms with Crippen LogP contribution in [0.5, 0.6) is 11.5 Å². The van der Waals surface area contributed by atoms with Crippen molar-refractivity contribution >= 4 is 17.8 Å². The molecule has 0 aliphatic carbocycles. The van der Waals surface area contributed by atoms with Crippen LogP contribution in [0.1, 0.15) is 12.8 Å². The monoisotopic (exact) mass is 309 g/mol. The molecule has 1 amide bonds. The average molecular weight is 309 g/mol. The minimum absolute atomic E-state index is 0.0475. The number of ether oxygens (including phenoxy) is 2. The number of amides is 1. The van der Waals surface area contributed by atoms with E-state index in [9.17, 15) is 14.4 Å². The Balaban J connectivity index is 1.96. The number of para-hydroxylation sites is 2. The van der Waals surface area contributed by atoms with Crippen LogP contribution < -0.4 is 14.8 Å². The topological polar surface area (TPSA) is 122 Å². The molecule has 0 saturated carbocycles. The predicted octanol–water partition coefficient (Wildman–Crippen LogP) is 0.261. The standard InChI is InChI=1S/C14H15NO7/c16-12(17)6-5-8(14(19)20)15-13(18)11-7-21-9-3-1-2-4-10(9)22-11/h1-4,8,11H,5-7H2,(H,15,18)(H,16,17)(H,19,20). The number of rotatable bonds is 6. The summed E-state index contributed by atoms with van der Waals surface area (Å²) in [7, 11) is 0. The molecule has 0 saturated heterocycles. The largest absolute Gasteiger partial charge is 0.485 e. The number of benzene rings is 1. The molecule has 0 spiro atoms. The SMILES string of the molecule is O=C(O)CCC(NC(=O)C1COc2ccccc2O1)C(=O)O. The van der Waals surface area contributed by atoms with Crippen molar-refractivity contribution in [3.63, 3.8) is 0 Å². The molecule has 3 N–H and O–H groups in total. The number of carboxylic acid groups (broad SMARTS) is 2. The van der Waals surface area contributed by atoms with E-state index in [0.29, 0.717) is 11.5 Å². The Hall–Kier alpha value is -2.77. The molecule has 22 heavy (non-hydrogen) atoms. The molecule has 1 aliphatic heterocycles. The van der Waals surface area contributed by atoms with Gasteiger partial charge in [-0.2, -0.15) is 0 Å². The summed E-state index contributed by atoms with van der Waals surface area (Å²) in [6.07, 6.45) is -1.55. The second-order valence-electron chi connectivity index (χ2n) is 4.70. The number of hydrogen-bond acceptors (Lipinski definition) is 5. The second kappa shape index (κ2) is 6.79. The smallest absolute Gasteiger partial charge is 0.326 e. The Kier molecular flexibility index (Phi) is 4.82. The van der Waals surface area contributed by atoms with Gasteiger partial charge in [-0.3, -0.25) is 9.59 Å². The first-order valence-electron chi connectivity index (χ1n) is 6.61. The molecule has 1 aromatic rings. The minimum atomic E-state index is -1.30. The van der Waals surface area contributed by atoms with Crippen LogP contribution in [0.3, 0.4) is 0 Å². The first-order valence-corrected chi connectivity index (χ1v) is 6.61. The molecule has 2 unspecified atom stereocenters. The molecule has 2 rings (SSSR count). The Bertz CT molecular complexity index is 586. The third-order valence-electron chi connectivity index (χ3n) is 3.06. The fourth-order valence-corrected chi connectivity index (χ4v) is 1.94. The summed E-state index contributed by atoms with van der Waals surface area (Å²) in [6, 6.07) is 5.51. The lowest BCUT2D eigenvalue weighted by molar-refractivity contribution is -0.144. The van der Waals surface area contributed by atoms with Crippen LogP contribution in [0.15, 0.2) is 24.3 Å². The number of carboxylic acids is 2. The third kappa shape index (κ3) is 3.87. The van der Waals surface area contributed by atoms with Crippen molar-refractivity contribution in [3.05, 3.63) is 24.3 Å². The fourth-order valence-electron chi connectivity index (χ4n) is 1.94. The molecule has 0 bridgehead atoms. The van der Waals surface area contributed by atoms with E-state index in [1.807, 2.05) is 0 Å². The Labute approximate surface area is 125 Å². The normalized spacial score (nSPS) is 17.4. The quantitative estimate of drug-likeness (QED) is 0.689. The van der Waals surface area contributed by atoms with Crippen LogP contribution in [-0.2, 0) is 14.4 Å². The van der Waals surface area contributed by atoms with E-state index in [1.54, 1.807) is 24.3 Å².